The summed E-state index contributed by atoms with van der Waals surface area (Å²) in [6.45, 7) is 2.00. The van der Waals surface area contributed by atoms with Crippen LogP contribution in [-0.4, -0.2) is 15.6 Å². The van der Waals surface area contributed by atoms with Crippen LogP contribution in [0.4, 0.5) is 0 Å². The second kappa shape index (κ2) is 5.35. The fourth-order valence-electron chi connectivity index (χ4n) is 1.98. The Morgan fingerprint density at radius 2 is 2.05 bits per heavy atom. The Kier molecular flexibility index (Phi) is 3.38. The minimum atomic E-state index is -0.215. The minimum absolute atomic E-state index is 0.195. The van der Waals surface area contributed by atoms with Gasteiger partial charge in [-0.05, 0) is 30.5 Å². The number of carbonyl (C=O) groups is 1. The SMILES string of the molecule is Cc1ccc(-n2cc(C#N)c(C(=O)c3cccs3)n2)cc1. The molecule has 0 radical (unpaired) electrons. The Hall–Kier alpha value is -2.71. The number of hydrogen-bond donors (Lipinski definition) is 0. The molecule has 0 atom stereocenters. The Labute approximate surface area is 125 Å². The topological polar surface area (TPSA) is 58.7 Å². The maximum absolute atomic E-state index is 12.4. The predicted molar refractivity (Wildman–Crippen MR) is 80.8 cm³/mol. The van der Waals surface area contributed by atoms with E-state index in [9.17, 15) is 10.1 Å². The molecule has 0 unspecified atom stereocenters. The van der Waals surface area contributed by atoms with Crippen LogP contribution in [0.2, 0.25) is 0 Å². The highest BCUT2D eigenvalue weighted by molar-refractivity contribution is 7.12. The highest BCUT2D eigenvalue weighted by Crippen LogP contribution is 2.18. The highest BCUT2D eigenvalue weighted by Gasteiger charge is 2.19. The molecule has 0 aliphatic carbocycles. The zero-order valence-electron chi connectivity index (χ0n) is 11.3. The fourth-order valence-corrected chi connectivity index (χ4v) is 2.64. The molecule has 0 fully saturated rings. The summed E-state index contributed by atoms with van der Waals surface area (Å²) in [5.74, 6) is -0.215. The molecule has 0 bridgehead atoms. The summed E-state index contributed by atoms with van der Waals surface area (Å²) >= 11 is 1.34. The van der Waals surface area contributed by atoms with Gasteiger partial charge in [-0.1, -0.05) is 23.8 Å². The summed E-state index contributed by atoms with van der Waals surface area (Å²) in [5.41, 5.74) is 2.44. The van der Waals surface area contributed by atoms with Gasteiger partial charge in [0, 0.05) is 6.20 Å². The zero-order chi connectivity index (χ0) is 14.8. The van der Waals surface area contributed by atoms with Crippen molar-refractivity contribution in [3.05, 3.63) is 69.7 Å². The van der Waals surface area contributed by atoms with Gasteiger partial charge in [0.25, 0.3) is 0 Å². The summed E-state index contributed by atoms with van der Waals surface area (Å²) in [5, 5.41) is 15.3. The summed E-state index contributed by atoms with van der Waals surface area (Å²) in [7, 11) is 0. The van der Waals surface area contributed by atoms with Gasteiger partial charge in [-0.3, -0.25) is 4.79 Å². The van der Waals surface area contributed by atoms with E-state index < -0.39 is 0 Å². The molecule has 4 nitrogen and oxygen atoms in total. The number of carbonyl (C=O) groups excluding carboxylic acids is 1. The van der Waals surface area contributed by atoms with Crippen molar-refractivity contribution >= 4 is 17.1 Å². The van der Waals surface area contributed by atoms with Crippen molar-refractivity contribution in [2.24, 2.45) is 0 Å². The molecule has 0 N–H and O–H groups in total. The van der Waals surface area contributed by atoms with Gasteiger partial charge in [0.05, 0.1) is 10.6 Å². The van der Waals surface area contributed by atoms with Crippen molar-refractivity contribution in [3.63, 3.8) is 0 Å². The molecule has 1 aromatic carbocycles. The molecule has 102 valence electrons. The predicted octanol–water partition coefficient (Wildman–Crippen LogP) is 3.34. The Morgan fingerprint density at radius 1 is 1.29 bits per heavy atom. The smallest absolute Gasteiger partial charge is 0.224 e. The van der Waals surface area contributed by atoms with Gasteiger partial charge in [0.2, 0.25) is 5.78 Å². The molecule has 0 saturated heterocycles. The van der Waals surface area contributed by atoms with E-state index in [1.165, 1.54) is 11.3 Å². The van der Waals surface area contributed by atoms with E-state index in [4.69, 9.17) is 0 Å². The molecule has 0 aliphatic heterocycles. The number of aromatic nitrogens is 2. The number of hydrogen-bond acceptors (Lipinski definition) is 4. The van der Waals surface area contributed by atoms with E-state index in [0.29, 0.717) is 4.88 Å². The number of aryl methyl sites for hydroxylation is 1. The van der Waals surface area contributed by atoms with Gasteiger partial charge in [-0.2, -0.15) is 10.4 Å². The lowest BCUT2D eigenvalue weighted by Gasteiger charge is -2.01. The second-order valence-corrected chi connectivity index (χ2v) is 5.54. The summed E-state index contributed by atoms with van der Waals surface area (Å²) in [6.07, 6.45) is 1.59. The number of nitrogens with zero attached hydrogens (tertiary/aromatic N) is 3. The molecule has 3 aromatic rings. The maximum atomic E-state index is 12.4. The van der Waals surface area contributed by atoms with Crippen LogP contribution < -0.4 is 0 Å². The van der Waals surface area contributed by atoms with Crippen LogP contribution in [0, 0.1) is 18.3 Å². The second-order valence-electron chi connectivity index (χ2n) is 4.59. The molecule has 0 spiro atoms. The first-order chi connectivity index (χ1) is 10.2. The molecule has 5 heteroatoms. The Morgan fingerprint density at radius 3 is 2.67 bits per heavy atom. The lowest BCUT2D eigenvalue weighted by atomic mass is 10.2. The van der Waals surface area contributed by atoms with Crippen molar-refractivity contribution in [1.29, 1.82) is 5.26 Å². The van der Waals surface area contributed by atoms with Crippen LogP contribution >= 0.6 is 11.3 Å². The van der Waals surface area contributed by atoms with Crippen LogP contribution in [0.3, 0.4) is 0 Å². The number of thiophene rings is 1. The maximum Gasteiger partial charge on any atom is 0.224 e. The molecule has 3 rings (SSSR count). The van der Waals surface area contributed by atoms with Crippen LogP contribution in [-0.2, 0) is 0 Å². The van der Waals surface area contributed by atoms with Gasteiger partial charge in [-0.25, -0.2) is 4.68 Å². The highest BCUT2D eigenvalue weighted by atomic mass is 32.1. The Balaban J connectivity index is 2.05. The molecule has 2 aromatic heterocycles. The van der Waals surface area contributed by atoms with Crippen molar-refractivity contribution in [1.82, 2.24) is 9.78 Å². The van der Waals surface area contributed by atoms with Crippen molar-refractivity contribution < 1.29 is 4.79 Å². The minimum Gasteiger partial charge on any atom is -0.286 e. The fraction of sp³-hybridized carbons (Fsp3) is 0.0625. The van der Waals surface area contributed by atoms with Crippen molar-refractivity contribution in [2.45, 2.75) is 6.92 Å². The summed E-state index contributed by atoms with van der Waals surface area (Å²) in [6, 6.07) is 13.3. The van der Waals surface area contributed by atoms with Gasteiger partial charge in [-0.15, -0.1) is 11.3 Å². The van der Waals surface area contributed by atoms with Gasteiger partial charge in [0.15, 0.2) is 5.69 Å². The Bertz CT molecular complexity index is 824. The van der Waals surface area contributed by atoms with Crippen LogP contribution in [0.25, 0.3) is 5.69 Å². The molecule has 2 heterocycles. The lowest BCUT2D eigenvalue weighted by molar-refractivity contribution is 0.103. The van der Waals surface area contributed by atoms with Gasteiger partial charge in [0.1, 0.15) is 11.6 Å². The zero-order valence-corrected chi connectivity index (χ0v) is 12.1. The molecular formula is C16H11N3OS. The first-order valence-electron chi connectivity index (χ1n) is 6.34. The molecular weight excluding hydrogens is 282 g/mol. The average Bonchev–Trinajstić information content (AvgIpc) is 3.17. The average molecular weight is 293 g/mol. The standard InChI is InChI=1S/C16H11N3OS/c1-11-4-6-13(7-5-11)19-10-12(9-17)15(18-19)16(20)14-3-2-8-21-14/h2-8,10H,1H3. The monoisotopic (exact) mass is 293 g/mol. The van der Waals surface area contributed by atoms with E-state index >= 15 is 0 Å². The number of ketones is 1. The van der Waals surface area contributed by atoms with Crippen LogP contribution in [0.1, 0.15) is 26.5 Å². The van der Waals surface area contributed by atoms with E-state index in [-0.39, 0.29) is 17.0 Å². The van der Waals surface area contributed by atoms with E-state index in [0.717, 1.165) is 11.3 Å². The summed E-state index contributed by atoms with van der Waals surface area (Å²) in [4.78, 5) is 13.0. The number of nitriles is 1. The third-order valence-corrected chi connectivity index (χ3v) is 3.96. The van der Waals surface area contributed by atoms with Crippen molar-refractivity contribution in [2.75, 3.05) is 0 Å². The molecule has 0 aliphatic rings. The van der Waals surface area contributed by atoms with Gasteiger partial charge >= 0.3 is 0 Å². The van der Waals surface area contributed by atoms with Gasteiger partial charge < -0.3 is 0 Å². The molecule has 0 amide bonds. The van der Waals surface area contributed by atoms with E-state index in [1.807, 2.05) is 42.6 Å². The first-order valence-corrected chi connectivity index (χ1v) is 7.22. The quantitative estimate of drug-likeness (QED) is 0.696. The first kappa shape index (κ1) is 13.3. The summed E-state index contributed by atoms with van der Waals surface area (Å²) < 4.78 is 1.57. The molecule has 21 heavy (non-hydrogen) atoms. The normalized spacial score (nSPS) is 10.3. The largest absolute Gasteiger partial charge is 0.286 e. The third-order valence-electron chi connectivity index (χ3n) is 3.09. The van der Waals surface area contributed by atoms with Crippen LogP contribution in [0.15, 0.2) is 48.0 Å². The number of rotatable bonds is 3. The molecule has 0 saturated carbocycles. The third kappa shape index (κ3) is 2.49. The van der Waals surface area contributed by atoms with E-state index in [1.54, 1.807) is 23.0 Å². The van der Waals surface area contributed by atoms with Crippen molar-refractivity contribution in [3.8, 4) is 11.8 Å². The number of benzene rings is 1. The lowest BCUT2D eigenvalue weighted by Crippen LogP contribution is -2.03. The van der Waals surface area contributed by atoms with E-state index in [2.05, 4.69) is 5.10 Å². The van der Waals surface area contributed by atoms with Crippen LogP contribution in [0.5, 0.6) is 0 Å².